The van der Waals surface area contributed by atoms with Crippen molar-refractivity contribution < 1.29 is 18.4 Å². The summed E-state index contributed by atoms with van der Waals surface area (Å²) >= 11 is 0. The number of nitrogens with two attached hydrogens (primary N) is 1. The number of hydrogen-bond acceptors (Lipinski definition) is 6. The molecule has 2 N–H and O–H groups in total. The summed E-state index contributed by atoms with van der Waals surface area (Å²) in [4.78, 5) is 39.7. The number of nitrogens with zero attached hydrogens (tertiary/aromatic N) is 1. The van der Waals surface area contributed by atoms with Gasteiger partial charge in [0.1, 0.15) is 22.5 Å². The van der Waals surface area contributed by atoms with Crippen molar-refractivity contribution in [2.45, 2.75) is 13.8 Å². The van der Waals surface area contributed by atoms with Gasteiger partial charge < -0.3 is 14.6 Å². The van der Waals surface area contributed by atoms with Crippen LogP contribution in [0.4, 0.5) is 5.88 Å². The lowest BCUT2D eigenvalue weighted by atomic mass is 10.1. The standard InChI is InChI=1S/C18H14N2O5/c1-9-7-13(22)15(10(2)21)18(24-9)20-17-12(16(19)23)8-11-5-3-4-6-14(11)25-17/h3-8H,1-2H3,(H2,19,23)/b20-17-. The molecule has 2 heterocycles. The molecule has 7 heteroatoms. The van der Waals surface area contributed by atoms with Gasteiger partial charge in [0, 0.05) is 11.5 Å². The smallest absolute Gasteiger partial charge is 0.254 e. The molecule has 2 aromatic heterocycles. The number of hydrogen-bond donors (Lipinski definition) is 1. The first kappa shape index (κ1) is 16.4. The molecule has 0 atom stereocenters. The van der Waals surface area contributed by atoms with Crippen LogP contribution in [0, 0.1) is 6.92 Å². The van der Waals surface area contributed by atoms with Crippen LogP contribution in [0.2, 0.25) is 0 Å². The van der Waals surface area contributed by atoms with E-state index in [1.807, 2.05) is 0 Å². The zero-order valence-corrected chi connectivity index (χ0v) is 13.5. The SMILES string of the molecule is CC(=O)c1c(/N=c2\oc3ccccc3cc2C(N)=O)oc(C)cc1=O. The van der Waals surface area contributed by atoms with E-state index in [0.717, 1.165) is 0 Å². The number of amides is 1. The first-order valence-corrected chi connectivity index (χ1v) is 7.40. The van der Waals surface area contributed by atoms with Gasteiger partial charge in [-0.25, -0.2) is 0 Å². The van der Waals surface area contributed by atoms with E-state index in [1.165, 1.54) is 19.1 Å². The normalized spacial score (nSPS) is 11.7. The van der Waals surface area contributed by atoms with Crippen molar-refractivity contribution >= 4 is 28.5 Å². The van der Waals surface area contributed by atoms with E-state index in [-0.39, 0.29) is 28.3 Å². The Hall–Kier alpha value is -3.48. The summed E-state index contributed by atoms with van der Waals surface area (Å²) in [6, 6.07) is 9.71. The van der Waals surface area contributed by atoms with Gasteiger partial charge in [-0.2, -0.15) is 4.99 Å². The molecule has 0 bridgehead atoms. The zero-order valence-electron chi connectivity index (χ0n) is 13.5. The second kappa shape index (κ2) is 6.20. The van der Waals surface area contributed by atoms with Crippen LogP contribution in [0.5, 0.6) is 0 Å². The lowest BCUT2D eigenvalue weighted by Crippen LogP contribution is -2.22. The molecule has 0 unspecified atom stereocenters. The van der Waals surface area contributed by atoms with Gasteiger partial charge in [0.05, 0.1) is 0 Å². The van der Waals surface area contributed by atoms with Gasteiger partial charge in [-0.05, 0) is 26.0 Å². The Morgan fingerprint density at radius 2 is 1.84 bits per heavy atom. The summed E-state index contributed by atoms with van der Waals surface area (Å²) in [5.41, 5.74) is 5.00. The largest absolute Gasteiger partial charge is 0.443 e. The second-order valence-electron chi connectivity index (χ2n) is 5.44. The van der Waals surface area contributed by atoms with Gasteiger partial charge in [-0.1, -0.05) is 18.2 Å². The molecule has 3 rings (SSSR count). The Labute approximate surface area is 141 Å². The van der Waals surface area contributed by atoms with Crippen LogP contribution in [-0.2, 0) is 0 Å². The van der Waals surface area contributed by atoms with Gasteiger partial charge in [0.2, 0.25) is 11.4 Å². The fourth-order valence-corrected chi connectivity index (χ4v) is 2.42. The van der Waals surface area contributed by atoms with Gasteiger partial charge in [-0.3, -0.25) is 14.4 Å². The molecule has 0 aliphatic rings. The van der Waals surface area contributed by atoms with Crippen molar-refractivity contribution in [3.8, 4) is 0 Å². The van der Waals surface area contributed by atoms with E-state index >= 15 is 0 Å². The predicted octanol–water partition coefficient (Wildman–Crippen LogP) is 2.23. The topological polar surface area (TPSA) is 116 Å². The number of carbonyl (C=O) groups excluding carboxylic acids is 2. The average Bonchev–Trinajstić information content (AvgIpc) is 2.52. The number of Topliss-reactive ketones (excluding diaryl/α,β-unsaturated/α-hetero) is 1. The monoisotopic (exact) mass is 338 g/mol. The molecule has 0 aliphatic heterocycles. The third-order valence-electron chi connectivity index (χ3n) is 3.53. The quantitative estimate of drug-likeness (QED) is 0.735. The second-order valence-corrected chi connectivity index (χ2v) is 5.44. The molecule has 3 aromatic rings. The van der Waals surface area contributed by atoms with Crippen LogP contribution in [0.25, 0.3) is 11.0 Å². The van der Waals surface area contributed by atoms with E-state index in [0.29, 0.717) is 11.0 Å². The highest BCUT2D eigenvalue weighted by Gasteiger charge is 2.17. The van der Waals surface area contributed by atoms with Gasteiger partial charge in [-0.15, -0.1) is 0 Å². The summed E-state index contributed by atoms with van der Waals surface area (Å²) in [5.74, 6) is -1.21. The minimum atomic E-state index is -0.757. The van der Waals surface area contributed by atoms with Gasteiger partial charge in [0.15, 0.2) is 11.2 Å². The van der Waals surface area contributed by atoms with Crippen molar-refractivity contribution in [1.82, 2.24) is 0 Å². The fraction of sp³-hybridized carbons (Fsp3) is 0.111. The van der Waals surface area contributed by atoms with E-state index in [1.54, 1.807) is 31.2 Å². The van der Waals surface area contributed by atoms with Crippen LogP contribution >= 0.6 is 0 Å². The van der Waals surface area contributed by atoms with E-state index in [4.69, 9.17) is 14.6 Å². The third kappa shape index (κ3) is 3.12. The molecule has 0 radical (unpaired) electrons. The van der Waals surface area contributed by atoms with Crippen LogP contribution in [0.1, 0.15) is 33.4 Å². The number of primary amides is 1. The predicted molar refractivity (Wildman–Crippen MR) is 89.7 cm³/mol. The van der Waals surface area contributed by atoms with Crippen LogP contribution in [0.3, 0.4) is 0 Å². The maximum Gasteiger partial charge on any atom is 0.254 e. The minimum Gasteiger partial charge on any atom is -0.443 e. The molecule has 7 nitrogen and oxygen atoms in total. The Morgan fingerprint density at radius 1 is 1.12 bits per heavy atom. The fourth-order valence-electron chi connectivity index (χ4n) is 2.42. The molecule has 0 fully saturated rings. The Bertz CT molecular complexity index is 1140. The first-order chi connectivity index (χ1) is 11.9. The van der Waals surface area contributed by atoms with Crippen molar-refractivity contribution in [3.05, 3.63) is 69.1 Å². The number of rotatable bonds is 3. The molecular formula is C18H14N2O5. The van der Waals surface area contributed by atoms with Crippen molar-refractivity contribution in [1.29, 1.82) is 0 Å². The van der Waals surface area contributed by atoms with E-state index in [9.17, 15) is 14.4 Å². The van der Waals surface area contributed by atoms with Crippen LogP contribution in [0.15, 0.2) is 55.0 Å². The number of benzene rings is 1. The minimum absolute atomic E-state index is 0.0114. The molecule has 0 saturated carbocycles. The van der Waals surface area contributed by atoms with E-state index < -0.39 is 17.1 Å². The summed E-state index contributed by atoms with van der Waals surface area (Å²) < 4.78 is 11.0. The molecule has 0 saturated heterocycles. The zero-order chi connectivity index (χ0) is 18.1. The number of carbonyl (C=O) groups is 2. The van der Waals surface area contributed by atoms with Crippen LogP contribution in [-0.4, -0.2) is 11.7 Å². The maximum atomic E-state index is 12.1. The Morgan fingerprint density at radius 3 is 2.52 bits per heavy atom. The first-order valence-electron chi connectivity index (χ1n) is 7.40. The van der Waals surface area contributed by atoms with Crippen molar-refractivity contribution in [2.75, 3.05) is 0 Å². The number of aryl methyl sites for hydroxylation is 1. The van der Waals surface area contributed by atoms with Gasteiger partial charge >= 0.3 is 0 Å². The Kier molecular flexibility index (Phi) is 4.06. The van der Waals surface area contributed by atoms with Crippen LogP contribution < -0.4 is 16.7 Å². The highest BCUT2D eigenvalue weighted by Crippen LogP contribution is 2.19. The molecule has 25 heavy (non-hydrogen) atoms. The Balaban J connectivity index is 2.40. The summed E-state index contributed by atoms with van der Waals surface area (Å²) in [6.45, 7) is 2.78. The van der Waals surface area contributed by atoms with Crippen molar-refractivity contribution in [2.24, 2.45) is 10.7 Å². The summed E-state index contributed by atoms with van der Waals surface area (Å²) in [5, 5.41) is 0.660. The number of para-hydroxylation sites is 1. The number of fused-ring (bicyclic) bond motifs is 1. The highest BCUT2D eigenvalue weighted by atomic mass is 16.4. The summed E-state index contributed by atoms with van der Waals surface area (Å²) in [6.07, 6.45) is 0. The molecule has 0 spiro atoms. The average molecular weight is 338 g/mol. The molecule has 1 amide bonds. The number of ketones is 1. The molecule has 0 aliphatic carbocycles. The lowest BCUT2D eigenvalue weighted by Gasteiger charge is -2.04. The lowest BCUT2D eigenvalue weighted by molar-refractivity contribution is 0.0993. The van der Waals surface area contributed by atoms with Crippen molar-refractivity contribution in [3.63, 3.8) is 0 Å². The highest BCUT2D eigenvalue weighted by molar-refractivity contribution is 5.98. The summed E-state index contributed by atoms with van der Waals surface area (Å²) in [7, 11) is 0. The van der Waals surface area contributed by atoms with Gasteiger partial charge in [0.25, 0.3) is 5.91 Å². The third-order valence-corrected chi connectivity index (χ3v) is 3.53. The molecular weight excluding hydrogens is 324 g/mol. The maximum absolute atomic E-state index is 12.1. The molecule has 126 valence electrons. The molecule has 1 aromatic carbocycles. The van der Waals surface area contributed by atoms with E-state index in [2.05, 4.69) is 4.99 Å².